The summed E-state index contributed by atoms with van der Waals surface area (Å²) < 4.78 is 5.69. The summed E-state index contributed by atoms with van der Waals surface area (Å²) in [6, 6.07) is 23.0. The fraction of sp³-hybridized carbons (Fsp3) is 0.167. The number of quaternary nitrogens is 1. The lowest BCUT2D eigenvalue weighted by atomic mass is 10.1. The molecule has 3 aromatic rings. The molecule has 5 heteroatoms. The van der Waals surface area contributed by atoms with Crippen LogP contribution in [0.15, 0.2) is 78.9 Å². The van der Waals surface area contributed by atoms with Crippen molar-refractivity contribution in [3.8, 4) is 5.75 Å². The Bertz CT molecular complexity index is 995. The Morgan fingerprint density at radius 2 is 1.55 bits per heavy atom. The third-order valence-corrected chi connectivity index (χ3v) is 4.73. The van der Waals surface area contributed by atoms with Crippen LogP contribution in [-0.2, 0) is 6.61 Å². The lowest BCUT2D eigenvalue weighted by Gasteiger charge is -2.28. The molecule has 0 unspecified atom stereocenters. The van der Waals surface area contributed by atoms with E-state index in [4.69, 9.17) is 9.84 Å². The lowest BCUT2D eigenvalue weighted by Crippen LogP contribution is -2.45. The number of likely N-dealkylation sites (N-methyl/N-ethyl adjacent to an activating group) is 1. The number of hydrogen-bond acceptors (Lipinski definition) is 4. The van der Waals surface area contributed by atoms with Gasteiger partial charge in [-0.1, -0.05) is 48.5 Å². The van der Waals surface area contributed by atoms with Gasteiger partial charge in [-0.25, -0.2) is 4.79 Å². The Kier molecular flexibility index (Phi) is 6.22. The van der Waals surface area contributed by atoms with Crippen molar-refractivity contribution in [2.75, 3.05) is 20.6 Å². The second-order valence-corrected chi connectivity index (χ2v) is 7.37. The van der Waals surface area contributed by atoms with Gasteiger partial charge in [-0.2, -0.15) is 0 Å². The molecule has 0 spiro atoms. The van der Waals surface area contributed by atoms with Crippen LogP contribution in [0, 0.1) is 0 Å². The lowest BCUT2D eigenvalue weighted by molar-refractivity contribution is 0.0734. The number of nitrogens with zero attached hydrogens (tertiary/aromatic N) is 1. The fourth-order valence-electron chi connectivity index (χ4n) is 3.00. The summed E-state index contributed by atoms with van der Waals surface area (Å²) in [5.74, 6) is 0.0267. The molecule has 29 heavy (non-hydrogen) atoms. The number of ketones is 1. The molecule has 5 nitrogen and oxygen atoms in total. The maximum Gasteiger partial charge on any atom is 0.343 e. The minimum atomic E-state index is -0.441. The number of esters is 1. The summed E-state index contributed by atoms with van der Waals surface area (Å²) in [5, 5.41) is 9.14. The molecule has 0 amide bonds. The predicted molar refractivity (Wildman–Crippen MR) is 113 cm³/mol. The molecule has 0 aliphatic rings. The molecule has 1 N–H and O–H groups in total. The van der Waals surface area contributed by atoms with Gasteiger partial charge in [0.25, 0.3) is 0 Å². The molecule has 0 aliphatic heterocycles. The molecule has 0 aliphatic carbocycles. The number of aliphatic hydroxyl groups is 1. The van der Waals surface area contributed by atoms with Crippen molar-refractivity contribution in [1.29, 1.82) is 0 Å². The molecule has 0 aromatic heterocycles. The largest absolute Gasteiger partial charge is 0.423 e. The van der Waals surface area contributed by atoms with Crippen LogP contribution in [0.4, 0.5) is 5.69 Å². The average Bonchev–Trinajstić information content (AvgIpc) is 2.74. The standard InChI is InChI=1S/C24H24NO4/c1-25(2,16-23(27)19-13-11-18(17-26)12-14-19)21-8-6-7-20(15-21)24(28)29-22-9-4-3-5-10-22/h3-15,26H,16-17H2,1-2H3/q+1. The van der Waals surface area contributed by atoms with Crippen LogP contribution in [-0.4, -0.2) is 37.5 Å². The number of carbonyl (C=O) groups excluding carboxylic acids is 2. The third-order valence-electron chi connectivity index (χ3n) is 4.73. The molecule has 0 radical (unpaired) electrons. The van der Waals surface area contributed by atoms with E-state index in [1.165, 1.54) is 0 Å². The SMILES string of the molecule is C[N+](C)(CC(=O)c1ccc(CO)cc1)c1cccc(C(=O)Oc2ccccc2)c1. The maximum atomic E-state index is 12.7. The van der Waals surface area contributed by atoms with E-state index in [2.05, 4.69) is 0 Å². The van der Waals surface area contributed by atoms with E-state index in [1.54, 1.807) is 66.7 Å². The van der Waals surface area contributed by atoms with Gasteiger partial charge < -0.3 is 9.84 Å². The number of rotatable bonds is 7. The number of benzene rings is 3. The van der Waals surface area contributed by atoms with Crippen molar-refractivity contribution >= 4 is 17.4 Å². The average molecular weight is 390 g/mol. The molecule has 3 rings (SSSR count). The molecule has 148 valence electrons. The minimum Gasteiger partial charge on any atom is -0.423 e. The zero-order chi connectivity index (χ0) is 20.9. The molecular weight excluding hydrogens is 366 g/mol. The Morgan fingerprint density at radius 3 is 2.21 bits per heavy atom. The number of ether oxygens (including phenoxy) is 1. The van der Waals surface area contributed by atoms with Crippen LogP contribution in [0.3, 0.4) is 0 Å². The summed E-state index contributed by atoms with van der Waals surface area (Å²) >= 11 is 0. The van der Waals surface area contributed by atoms with E-state index in [9.17, 15) is 9.59 Å². The molecular formula is C24H24NO4+. The number of Topliss-reactive ketones (excluding diaryl/α,β-unsaturated/α-hetero) is 1. The fourth-order valence-corrected chi connectivity index (χ4v) is 3.00. The Hall–Kier alpha value is -3.28. The van der Waals surface area contributed by atoms with Crippen molar-refractivity contribution < 1.29 is 19.4 Å². The van der Waals surface area contributed by atoms with E-state index in [1.807, 2.05) is 26.2 Å². The Balaban J connectivity index is 1.75. The van der Waals surface area contributed by atoms with Gasteiger partial charge in [-0.05, 0) is 29.8 Å². The molecule has 0 atom stereocenters. The van der Waals surface area contributed by atoms with E-state index in [0.717, 1.165) is 11.3 Å². The molecule has 0 heterocycles. The van der Waals surface area contributed by atoms with Crippen molar-refractivity contribution in [3.63, 3.8) is 0 Å². The van der Waals surface area contributed by atoms with Gasteiger partial charge in [0.2, 0.25) is 5.78 Å². The first-order valence-corrected chi connectivity index (χ1v) is 9.33. The van der Waals surface area contributed by atoms with Crippen LogP contribution < -0.4 is 9.22 Å². The van der Waals surface area contributed by atoms with Gasteiger partial charge in [0.1, 0.15) is 18.0 Å². The third kappa shape index (κ3) is 5.16. The van der Waals surface area contributed by atoms with Crippen molar-refractivity contribution in [1.82, 2.24) is 4.48 Å². The van der Waals surface area contributed by atoms with Crippen LogP contribution in [0.5, 0.6) is 5.75 Å². The maximum absolute atomic E-state index is 12.7. The van der Waals surface area contributed by atoms with Gasteiger partial charge in [-0.3, -0.25) is 9.28 Å². The summed E-state index contributed by atoms with van der Waals surface area (Å²) in [6.45, 7) is 0.178. The molecule has 0 bridgehead atoms. The highest BCUT2D eigenvalue weighted by molar-refractivity contribution is 5.99. The van der Waals surface area contributed by atoms with Crippen molar-refractivity contribution in [2.24, 2.45) is 0 Å². The molecule has 3 aromatic carbocycles. The summed E-state index contributed by atoms with van der Waals surface area (Å²) in [6.07, 6.45) is 0. The van der Waals surface area contributed by atoms with E-state index >= 15 is 0 Å². The quantitative estimate of drug-likeness (QED) is 0.288. The Morgan fingerprint density at radius 1 is 0.862 bits per heavy atom. The van der Waals surface area contributed by atoms with E-state index < -0.39 is 5.97 Å². The van der Waals surface area contributed by atoms with Gasteiger partial charge >= 0.3 is 5.97 Å². The second kappa shape index (κ2) is 8.82. The first-order valence-electron chi connectivity index (χ1n) is 9.33. The highest BCUT2D eigenvalue weighted by Gasteiger charge is 2.25. The first-order chi connectivity index (χ1) is 13.9. The summed E-state index contributed by atoms with van der Waals surface area (Å²) in [5.41, 5.74) is 2.61. The normalized spacial score (nSPS) is 11.1. The van der Waals surface area contributed by atoms with Gasteiger partial charge in [0.05, 0.1) is 26.3 Å². The number of hydrogen-bond donors (Lipinski definition) is 1. The van der Waals surface area contributed by atoms with Crippen molar-refractivity contribution in [3.05, 3.63) is 95.6 Å². The second-order valence-electron chi connectivity index (χ2n) is 7.37. The minimum absolute atomic E-state index is 0.0169. The Labute approximate surface area is 170 Å². The van der Waals surface area contributed by atoms with Crippen molar-refractivity contribution in [2.45, 2.75) is 6.61 Å². The summed E-state index contributed by atoms with van der Waals surface area (Å²) in [4.78, 5) is 25.2. The number of carbonyl (C=O) groups is 2. The van der Waals surface area contributed by atoms with Gasteiger partial charge in [-0.15, -0.1) is 0 Å². The zero-order valence-corrected chi connectivity index (χ0v) is 16.5. The number of aliphatic hydroxyl groups excluding tert-OH is 1. The van der Waals surface area contributed by atoms with Gasteiger partial charge in [0, 0.05) is 11.6 Å². The highest BCUT2D eigenvalue weighted by atomic mass is 16.5. The van der Waals surface area contributed by atoms with Gasteiger partial charge in [0.15, 0.2) is 0 Å². The van der Waals surface area contributed by atoms with E-state index in [0.29, 0.717) is 16.9 Å². The monoisotopic (exact) mass is 390 g/mol. The van der Waals surface area contributed by atoms with Crippen LogP contribution in [0.2, 0.25) is 0 Å². The summed E-state index contributed by atoms with van der Waals surface area (Å²) in [7, 11) is 3.84. The van der Waals surface area contributed by atoms with Crippen LogP contribution in [0.25, 0.3) is 0 Å². The van der Waals surface area contributed by atoms with Crippen LogP contribution in [0.1, 0.15) is 26.3 Å². The van der Waals surface area contributed by atoms with E-state index in [-0.39, 0.29) is 23.4 Å². The smallest absolute Gasteiger partial charge is 0.343 e. The first kappa shape index (κ1) is 20.5. The zero-order valence-electron chi connectivity index (χ0n) is 16.5. The number of para-hydroxylation sites is 1. The molecule has 0 fully saturated rings. The van der Waals surface area contributed by atoms with Crippen LogP contribution >= 0.6 is 0 Å². The topological polar surface area (TPSA) is 63.6 Å². The molecule has 0 saturated heterocycles. The molecule has 0 saturated carbocycles. The highest BCUT2D eigenvalue weighted by Crippen LogP contribution is 2.22. The predicted octanol–water partition coefficient (Wildman–Crippen LogP) is 3.85.